The molecular formula is C27H43N3O4. The number of rotatable bonds is 5. The van der Waals surface area contributed by atoms with Gasteiger partial charge in [0.1, 0.15) is 5.60 Å². The molecule has 1 saturated carbocycles. The molecule has 2 aliphatic rings. The number of ether oxygens (including phenoxy) is 1. The average Bonchev–Trinajstić information content (AvgIpc) is 2.76. The van der Waals surface area contributed by atoms with E-state index in [-0.39, 0.29) is 30.0 Å². The Kier molecular flexibility index (Phi) is 9.95. The first kappa shape index (κ1) is 27.7. The van der Waals surface area contributed by atoms with Crippen molar-refractivity contribution in [3.8, 4) is 0 Å². The predicted octanol–water partition coefficient (Wildman–Crippen LogP) is 5.38. The summed E-state index contributed by atoms with van der Waals surface area (Å²) in [5.74, 6) is 0.559. The molecule has 0 aromatic heterocycles. The topological polar surface area (TPSA) is 79.0 Å². The van der Waals surface area contributed by atoms with Gasteiger partial charge in [0.2, 0.25) is 5.91 Å². The number of nitrogens with one attached hydrogen (secondary N) is 1. The van der Waals surface area contributed by atoms with Gasteiger partial charge in [-0.1, -0.05) is 33.3 Å². The molecule has 1 saturated heterocycles. The standard InChI is InChI=1S/C25H37N3O4.C2H6/c1-6-18-14-20(15-18)26-23(30)19-8-7-9-22(16-19)28(17(2)29)21-10-12-27(13-11-21)24(31)32-25(3,4)5;1-2/h7-9,16,18,20-21H,6,10-15H2,1-5H3,(H,26,30);1-2H3. The highest BCUT2D eigenvalue weighted by Gasteiger charge is 2.32. The summed E-state index contributed by atoms with van der Waals surface area (Å²) in [5.41, 5.74) is 0.762. The second-order valence-corrected chi connectivity index (χ2v) is 10.1. The summed E-state index contributed by atoms with van der Waals surface area (Å²) in [7, 11) is 0. The van der Waals surface area contributed by atoms with E-state index in [1.54, 1.807) is 28.9 Å². The fourth-order valence-electron chi connectivity index (χ4n) is 4.54. The van der Waals surface area contributed by atoms with Crippen LogP contribution in [0.25, 0.3) is 0 Å². The molecule has 7 heteroatoms. The first-order chi connectivity index (χ1) is 16.1. The van der Waals surface area contributed by atoms with E-state index in [0.29, 0.717) is 37.4 Å². The molecule has 1 aliphatic heterocycles. The fraction of sp³-hybridized carbons (Fsp3) is 0.667. The van der Waals surface area contributed by atoms with Crippen molar-refractivity contribution in [1.82, 2.24) is 10.2 Å². The third-order valence-electron chi connectivity index (χ3n) is 6.36. The van der Waals surface area contributed by atoms with E-state index in [9.17, 15) is 14.4 Å². The molecule has 1 aromatic rings. The van der Waals surface area contributed by atoms with E-state index in [1.807, 2.05) is 46.8 Å². The maximum atomic E-state index is 12.7. The van der Waals surface area contributed by atoms with Crippen LogP contribution in [0, 0.1) is 5.92 Å². The second kappa shape index (κ2) is 12.2. The van der Waals surface area contributed by atoms with E-state index in [1.165, 1.54) is 0 Å². The summed E-state index contributed by atoms with van der Waals surface area (Å²) in [6.07, 6.45) is 4.24. The minimum absolute atomic E-state index is 0.0264. The summed E-state index contributed by atoms with van der Waals surface area (Å²) in [6, 6.07) is 7.50. The maximum Gasteiger partial charge on any atom is 0.410 e. The molecule has 0 bridgehead atoms. The fourth-order valence-corrected chi connectivity index (χ4v) is 4.54. The van der Waals surface area contributed by atoms with Crippen molar-refractivity contribution in [2.24, 2.45) is 5.92 Å². The lowest BCUT2D eigenvalue weighted by atomic mass is 9.78. The Hall–Kier alpha value is -2.57. The highest BCUT2D eigenvalue weighted by Crippen LogP contribution is 2.30. The van der Waals surface area contributed by atoms with Crippen molar-refractivity contribution in [2.45, 2.75) is 98.3 Å². The van der Waals surface area contributed by atoms with Crippen LogP contribution in [-0.4, -0.2) is 53.6 Å². The van der Waals surface area contributed by atoms with Gasteiger partial charge in [0.05, 0.1) is 0 Å². The molecule has 1 aliphatic carbocycles. The van der Waals surface area contributed by atoms with Crippen LogP contribution < -0.4 is 10.2 Å². The van der Waals surface area contributed by atoms with E-state index in [2.05, 4.69) is 12.2 Å². The van der Waals surface area contributed by atoms with Gasteiger partial charge < -0.3 is 19.9 Å². The predicted molar refractivity (Wildman–Crippen MR) is 136 cm³/mol. The van der Waals surface area contributed by atoms with Crippen molar-refractivity contribution < 1.29 is 19.1 Å². The smallest absolute Gasteiger partial charge is 0.410 e. The van der Waals surface area contributed by atoms with Gasteiger partial charge in [-0.25, -0.2) is 4.79 Å². The SMILES string of the molecule is CC.CCC1CC(NC(=O)c2cccc(N(C(C)=O)C3CCN(C(=O)OC(C)(C)C)CC3)c2)C1. The van der Waals surface area contributed by atoms with Crippen LogP contribution in [0.1, 0.15) is 90.9 Å². The number of carbonyl (C=O) groups excluding carboxylic acids is 3. The highest BCUT2D eigenvalue weighted by molar-refractivity contribution is 5.98. The number of anilines is 1. The second-order valence-electron chi connectivity index (χ2n) is 10.1. The van der Waals surface area contributed by atoms with Crippen molar-refractivity contribution >= 4 is 23.6 Å². The molecule has 34 heavy (non-hydrogen) atoms. The van der Waals surface area contributed by atoms with E-state index < -0.39 is 5.60 Å². The minimum atomic E-state index is -0.530. The number of likely N-dealkylation sites (tertiary alicyclic amines) is 1. The third kappa shape index (κ3) is 7.47. The summed E-state index contributed by atoms with van der Waals surface area (Å²) in [5, 5.41) is 3.11. The number of carbonyl (C=O) groups is 3. The van der Waals surface area contributed by atoms with Crippen LogP contribution in [0.3, 0.4) is 0 Å². The lowest BCUT2D eigenvalue weighted by Crippen LogP contribution is -2.49. The molecule has 0 atom stereocenters. The third-order valence-corrected chi connectivity index (χ3v) is 6.36. The van der Waals surface area contributed by atoms with E-state index in [0.717, 1.165) is 24.9 Å². The number of hydrogen-bond acceptors (Lipinski definition) is 4. The van der Waals surface area contributed by atoms with Crippen molar-refractivity contribution in [2.75, 3.05) is 18.0 Å². The molecular weight excluding hydrogens is 430 g/mol. The number of hydrogen-bond donors (Lipinski definition) is 1. The van der Waals surface area contributed by atoms with Gasteiger partial charge in [-0.15, -0.1) is 0 Å². The van der Waals surface area contributed by atoms with E-state index >= 15 is 0 Å². The lowest BCUT2D eigenvalue weighted by molar-refractivity contribution is -0.117. The molecule has 1 N–H and O–H groups in total. The van der Waals surface area contributed by atoms with Crippen LogP contribution in [0.5, 0.6) is 0 Å². The minimum Gasteiger partial charge on any atom is -0.444 e. The Labute approximate surface area is 205 Å². The van der Waals surface area contributed by atoms with Crippen LogP contribution in [-0.2, 0) is 9.53 Å². The highest BCUT2D eigenvalue weighted by atomic mass is 16.6. The first-order valence-corrected chi connectivity index (χ1v) is 12.8. The van der Waals surface area contributed by atoms with Crippen LogP contribution in [0.2, 0.25) is 0 Å². The summed E-state index contributed by atoms with van der Waals surface area (Å²) in [4.78, 5) is 41.1. The van der Waals surface area contributed by atoms with Gasteiger partial charge in [-0.3, -0.25) is 9.59 Å². The molecule has 0 radical (unpaired) electrons. The van der Waals surface area contributed by atoms with Crippen LogP contribution in [0.4, 0.5) is 10.5 Å². The van der Waals surface area contributed by atoms with E-state index in [4.69, 9.17) is 4.74 Å². The number of benzene rings is 1. The Morgan fingerprint density at radius 2 is 1.74 bits per heavy atom. The Bertz CT molecular complexity index is 835. The van der Waals surface area contributed by atoms with Crippen molar-refractivity contribution in [1.29, 1.82) is 0 Å². The Morgan fingerprint density at radius 3 is 2.26 bits per heavy atom. The van der Waals surface area contributed by atoms with Gasteiger partial charge >= 0.3 is 6.09 Å². The number of piperidine rings is 1. The number of amides is 3. The van der Waals surface area contributed by atoms with Gasteiger partial charge in [0.15, 0.2) is 0 Å². The molecule has 0 unspecified atom stereocenters. The van der Waals surface area contributed by atoms with Gasteiger partial charge in [-0.2, -0.15) is 0 Å². The Balaban J connectivity index is 0.00000199. The maximum absolute atomic E-state index is 12.7. The van der Waals surface area contributed by atoms with Gasteiger partial charge in [-0.05, 0) is 70.6 Å². The molecule has 3 rings (SSSR count). The van der Waals surface area contributed by atoms with Crippen LogP contribution >= 0.6 is 0 Å². The van der Waals surface area contributed by atoms with Gasteiger partial charge in [0, 0.05) is 43.3 Å². The first-order valence-electron chi connectivity index (χ1n) is 12.8. The molecule has 1 aromatic carbocycles. The normalized spacial score (nSPS) is 20.4. The lowest BCUT2D eigenvalue weighted by Gasteiger charge is -2.38. The van der Waals surface area contributed by atoms with Crippen LogP contribution in [0.15, 0.2) is 24.3 Å². The quantitative estimate of drug-likeness (QED) is 0.622. The summed E-state index contributed by atoms with van der Waals surface area (Å²) in [6.45, 7) is 14.3. The molecule has 7 nitrogen and oxygen atoms in total. The molecule has 190 valence electrons. The molecule has 1 heterocycles. The van der Waals surface area contributed by atoms with Gasteiger partial charge in [0.25, 0.3) is 5.91 Å². The largest absolute Gasteiger partial charge is 0.444 e. The molecule has 3 amide bonds. The monoisotopic (exact) mass is 473 g/mol. The zero-order chi connectivity index (χ0) is 25.5. The summed E-state index contributed by atoms with van der Waals surface area (Å²) >= 11 is 0. The van der Waals surface area contributed by atoms with Crippen molar-refractivity contribution in [3.63, 3.8) is 0 Å². The zero-order valence-electron chi connectivity index (χ0n) is 22.0. The summed E-state index contributed by atoms with van der Waals surface area (Å²) < 4.78 is 5.47. The number of nitrogens with zero attached hydrogens (tertiary/aromatic N) is 2. The molecule has 0 spiro atoms. The average molecular weight is 474 g/mol. The zero-order valence-corrected chi connectivity index (χ0v) is 22.0. The van der Waals surface area contributed by atoms with Crippen molar-refractivity contribution in [3.05, 3.63) is 29.8 Å². The molecule has 2 fully saturated rings. The Morgan fingerprint density at radius 1 is 1.12 bits per heavy atom.